The van der Waals surface area contributed by atoms with E-state index >= 15 is 0 Å². The fourth-order valence-corrected chi connectivity index (χ4v) is 1.92. The second-order valence-electron chi connectivity index (χ2n) is 5.65. The van der Waals surface area contributed by atoms with E-state index in [4.69, 9.17) is 4.55 Å². The van der Waals surface area contributed by atoms with Crippen molar-refractivity contribution in [1.82, 2.24) is 6.15 Å². The summed E-state index contributed by atoms with van der Waals surface area (Å²) in [5.74, 6) is -57.5. The van der Waals surface area contributed by atoms with E-state index in [9.17, 15) is 83.1 Å². The molecule has 0 saturated carbocycles. The topological polar surface area (TPSA) is 98.6 Å². The van der Waals surface area contributed by atoms with Crippen molar-refractivity contribution in [3.05, 3.63) is 0 Å². The SMILES string of the molecule is N.O=S(=O)(O)OCCC(F)(F)C(F)(F)C(F)(F)C(F)(F)C(F)(F)C(F)(F)C(F)(F)C(F)(F)F. The van der Waals surface area contributed by atoms with E-state index in [-0.39, 0.29) is 6.15 Å². The van der Waals surface area contributed by atoms with E-state index in [0.717, 1.165) is 0 Å². The minimum absolute atomic E-state index is 0. The van der Waals surface area contributed by atoms with Gasteiger partial charge in [0.25, 0.3) is 0 Å². The first-order valence-corrected chi connectivity index (χ1v) is 8.15. The summed E-state index contributed by atoms with van der Waals surface area (Å²) in [6.07, 6.45) is -11.0. The van der Waals surface area contributed by atoms with Crippen LogP contribution in [0.4, 0.5) is 74.6 Å². The summed E-state index contributed by atoms with van der Waals surface area (Å²) in [4.78, 5) is 0. The van der Waals surface area contributed by atoms with Crippen molar-refractivity contribution in [2.45, 2.75) is 54.1 Å². The summed E-state index contributed by atoms with van der Waals surface area (Å²) in [7, 11) is -5.75. The third kappa shape index (κ3) is 5.18. The molecule has 0 aromatic heterocycles. The first-order valence-electron chi connectivity index (χ1n) is 6.79. The third-order valence-electron chi connectivity index (χ3n) is 3.44. The fraction of sp³-hybridized carbons (Fsp3) is 1.00. The van der Waals surface area contributed by atoms with Gasteiger partial charge in [0.05, 0.1) is 6.61 Å². The average molecular weight is 561 g/mol. The second-order valence-corrected chi connectivity index (χ2v) is 6.74. The van der Waals surface area contributed by atoms with Gasteiger partial charge < -0.3 is 6.15 Å². The minimum Gasteiger partial charge on any atom is -0.344 e. The fourth-order valence-electron chi connectivity index (χ4n) is 1.63. The monoisotopic (exact) mass is 561 g/mol. The minimum atomic E-state index is -8.74. The Hall–Kier alpha value is -1.36. The van der Waals surface area contributed by atoms with Gasteiger partial charge in [-0.3, -0.25) is 4.55 Å². The van der Waals surface area contributed by atoms with Crippen LogP contribution >= 0.6 is 0 Å². The van der Waals surface area contributed by atoms with Crippen LogP contribution in [0.15, 0.2) is 0 Å². The highest BCUT2D eigenvalue weighted by Crippen LogP contribution is 2.64. The lowest BCUT2D eigenvalue weighted by atomic mass is 9.88. The Bertz CT molecular complexity index is 790. The van der Waals surface area contributed by atoms with Crippen molar-refractivity contribution in [2.24, 2.45) is 0 Å². The van der Waals surface area contributed by atoms with Crippen molar-refractivity contribution < 1.29 is 91.8 Å². The number of hydrogen-bond acceptors (Lipinski definition) is 4. The van der Waals surface area contributed by atoms with Gasteiger partial charge in [-0.05, 0) is 0 Å². The van der Waals surface area contributed by atoms with Crippen LogP contribution in [-0.2, 0) is 14.6 Å². The predicted octanol–water partition coefficient (Wildman–Crippen LogP) is 5.37. The highest BCUT2D eigenvalue weighted by molar-refractivity contribution is 7.80. The maximum absolute atomic E-state index is 13.3. The molecule has 0 rings (SSSR count). The van der Waals surface area contributed by atoms with Gasteiger partial charge in [0, 0.05) is 6.42 Å². The smallest absolute Gasteiger partial charge is 0.344 e. The molecular weight excluding hydrogens is 553 g/mol. The lowest BCUT2D eigenvalue weighted by molar-refractivity contribution is -0.461. The zero-order valence-electron chi connectivity index (χ0n) is 14.6. The van der Waals surface area contributed by atoms with Gasteiger partial charge in [0.15, 0.2) is 0 Å². The van der Waals surface area contributed by atoms with Crippen LogP contribution in [0.3, 0.4) is 0 Å². The van der Waals surface area contributed by atoms with Crippen LogP contribution in [-0.4, -0.2) is 67.2 Å². The molecule has 0 radical (unpaired) electrons. The highest BCUT2D eigenvalue weighted by atomic mass is 32.3. The number of hydrogen-bond donors (Lipinski definition) is 2. The lowest BCUT2D eigenvalue weighted by Gasteiger charge is -2.42. The molecule has 0 unspecified atom stereocenters. The summed E-state index contributed by atoms with van der Waals surface area (Å²) in [6.45, 7) is -2.44. The summed E-state index contributed by atoms with van der Waals surface area (Å²) >= 11 is 0. The number of rotatable bonds is 10. The molecule has 33 heavy (non-hydrogen) atoms. The van der Waals surface area contributed by atoms with Gasteiger partial charge in [-0.2, -0.15) is 83.1 Å². The summed E-state index contributed by atoms with van der Waals surface area (Å²) in [6, 6.07) is 0. The van der Waals surface area contributed by atoms with Crippen molar-refractivity contribution in [2.75, 3.05) is 6.61 Å². The van der Waals surface area contributed by atoms with Crippen LogP contribution < -0.4 is 6.15 Å². The lowest BCUT2D eigenvalue weighted by Crippen LogP contribution is -2.74. The largest absolute Gasteiger partial charge is 0.460 e. The molecule has 0 aromatic rings. The zero-order valence-corrected chi connectivity index (χ0v) is 15.4. The Morgan fingerprint density at radius 2 is 0.818 bits per heavy atom. The van der Waals surface area contributed by atoms with Gasteiger partial charge in [0.2, 0.25) is 0 Å². The molecule has 0 atom stereocenters. The molecule has 0 aliphatic heterocycles. The maximum Gasteiger partial charge on any atom is 0.460 e. The highest BCUT2D eigenvalue weighted by Gasteiger charge is 2.95. The molecular formula is C10H8F17NO4S. The predicted molar refractivity (Wildman–Crippen MR) is 67.8 cm³/mol. The quantitative estimate of drug-likeness (QED) is 0.276. The Morgan fingerprint density at radius 1 is 0.545 bits per heavy atom. The Morgan fingerprint density at radius 3 is 1.09 bits per heavy atom. The van der Waals surface area contributed by atoms with E-state index in [2.05, 4.69) is 4.18 Å². The first-order chi connectivity index (χ1) is 13.5. The van der Waals surface area contributed by atoms with Crippen LogP contribution in [0.2, 0.25) is 0 Å². The zero-order chi connectivity index (χ0) is 26.6. The Kier molecular flexibility index (Phi) is 8.91. The van der Waals surface area contributed by atoms with Crippen LogP contribution in [0, 0.1) is 0 Å². The summed E-state index contributed by atoms with van der Waals surface area (Å²) in [5.41, 5.74) is 0. The molecule has 0 bridgehead atoms. The first kappa shape index (κ1) is 33.8. The van der Waals surface area contributed by atoms with Gasteiger partial charge in [-0.25, -0.2) is 4.18 Å². The molecule has 0 saturated heterocycles. The molecule has 0 heterocycles. The third-order valence-corrected chi connectivity index (χ3v) is 3.90. The average Bonchev–Trinajstić information content (AvgIpc) is 2.50. The number of halogens is 17. The Balaban J connectivity index is 0. The molecule has 0 spiro atoms. The van der Waals surface area contributed by atoms with Crippen LogP contribution in [0.1, 0.15) is 6.42 Å². The maximum atomic E-state index is 13.3. The van der Waals surface area contributed by atoms with E-state index in [1.54, 1.807) is 0 Å². The molecule has 23 heteroatoms. The van der Waals surface area contributed by atoms with Crippen LogP contribution in [0.5, 0.6) is 0 Å². The second kappa shape index (κ2) is 8.70. The van der Waals surface area contributed by atoms with Crippen molar-refractivity contribution in [3.63, 3.8) is 0 Å². The van der Waals surface area contributed by atoms with Crippen molar-refractivity contribution in [1.29, 1.82) is 0 Å². The van der Waals surface area contributed by atoms with Gasteiger partial charge in [-0.1, -0.05) is 0 Å². The van der Waals surface area contributed by atoms with Crippen molar-refractivity contribution in [3.8, 4) is 0 Å². The summed E-state index contributed by atoms with van der Waals surface area (Å²) < 4.78 is 250. The standard InChI is InChI=1S/C10H5F17O4S.H3N/c11-3(12,1-2-31-32(28,29)30)4(13,14)5(15,16)6(17,18)7(19,20)8(21,22)9(23,24)10(25,26)27;/h1-2H2,(H,28,29,30);1H3. The van der Waals surface area contributed by atoms with Crippen molar-refractivity contribution >= 4 is 10.4 Å². The Labute approximate surface area is 170 Å². The van der Waals surface area contributed by atoms with Gasteiger partial charge in [0.1, 0.15) is 0 Å². The molecule has 0 amide bonds. The van der Waals surface area contributed by atoms with Gasteiger partial charge >= 0.3 is 58.0 Å². The molecule has 0 aromatic carbocycles. The van der Waals surface area contributed by atoms with E-state index in [1.165, 1.54) is 0 Å². The van der Waals surface area contributed by atoms with E-state index < -0.39 is 71.1 Å². The molecule has 4 N–H and O–H groups in total. The molecule has 5 nitrogen and oxygen atoms in total. The molecule has 0 aliphatic rings. The molecule has 0 aliphatic carbocycles. The molecule has 0 fully saturated rings. The van der Waals surface area contributed by atoms with E-state index in [1.807, 2.05) is 0 Å². The van der Waals surface area contributed by atoms with Crippen LogP contribution in [0.25, 0.3) is 0 Å². The van der Waals surface area contributed by atoms with Gasteiger partial charge in [-0.15, -0.1) is 0 Å². The summed E-state index contributed by atoms with van der Waals surface area (Å²) in [5, 5.41) is 0. The molecule has 202 valence electrons. The normalized spacial score (nSPS) is 15.9. The van der Waals surface area contributed by atoms with E-state index in [0.29, 0.717) is 0 Å². The number of alkyl halides is 17.